The van der Waals surface area contributed by atoms with Crippen LogP contribution in [0.2, 0.25) is 0 Å². The fourth-order valence-corrected chi connectivity index (χ4v) is 0.614. The van der Waals surface area contributed by atoms with E-state index in [1.807, 2.05) is 0 Å². The molecule has 0 aliphatic rings. The highest BCUT2D eigenvalue weighted by molar-refractivity contribution is 5.83. The highest BCUT2D eigenvalue weighted by atomic mass is 16.3. The van der Waals surface area contributed by atoms with Gasteiger partial charge >= 0.3 is 0 Å². The van der Waals surface area contributed by atoms with Gasteiger partial charge in [0.2, 0.25) is 11.8 Å². The number of nitrogens with two attached hydrogens (primary N) is 2. The number of amides is 2. The van der Waals surface area contributed by atoms with Crippen LogP contribution in [0.4, 0.5) is 0 Å². The lowest BCUT2D eigenvalue weighted by atomic mass is 10.2. The number of primary amides is 1. The average Bonchev–Trinajstić information content (AvgIpc) is 2.11. The van der Waals surface area contributed by atoms with Crippen molar-refractivity contribution in [2.45, 2.75) is 25.5 Å². The predicted octanol–water partition coefficient (Wildman–Crippen LogP) is -2.31. The second kappa shape index (κ2) is 5.50. The first-order valence-corrected chi connectivity index (χ1v) is 3.99. The maximum absolute atomic E-state index is 11.0. The summed E-state index contributed by atoms with van der Waals surface area (Å²) in [6, 6.07) is -0.611. The highest BCUT2D eigenvalue weighted by Crippen LogP contribution is 1.86. The molecule has 0 aliphatic heterocycles. The third-order valence-corrected chi connectivity index (χ3v) is 1.57. The molecular weight excluding hydrogens is 174 g/mol. The molecule has 0 aliphatic carbocycles. The lowest BCUT2D eigenvalue weighted by Crippen LogP contribution is -2.46. The van der Waals surface area contributed by atoms with Gasteiger partial charge in [0, 0.05) is 0 Å². The molecule has 0 aromatic heterocycles. The van der Waals surface area contributed by atoms with Crippen LogP contribution in [-0.4, -0.2) is 35.6 Å². The molecule has 0 spiro atoms. The molecule has 0 aromatic carbocycles. The Morgan fingerprint density at radius 2 is 2.08 bits per heavy atom. The summed E-state index contributed by atoms with van der Waals surface area (Å²) in [5.74, 6) is -1.27. The zero-order chi connectivity index (χ0) is 10.4. The SMILES string of the molecule is CC[C@H](N)C(=O)NCC(O)C(N)=O. The van der Waals surface area contributed by atoms with E-state index in [4.69, 9.17) is 16.6 Å². The summed E-state index contributed by atoms with van der Waals surface area (Å²) in [6.07, 6.45) is -0.855. The number of aliphatic hydroxyl groups is 1. The normalized spacial score (nSPS) is 14.7. The molecule has 0 saturated heterocycles. The van der Waals surface area contributed by atoms with Crippen LogP contribution in [0.1, 0.15) is 13.3 Å². The van der Waals surface area contributed by atoms with Crippen molar-refractivity contribution in [1.29, 1.82) is 0 Å². The van der Waals surface area contributed by atoms with Crippen LogP contribution in [0, 0.1) is 0 Å². The Labute approximate surface area is 76.3 Å². The first-order chi connectivity index (χ1) is 5.99. The Kier molecular flexibility index (Phi) is 5.01. The maximum atomic E-state index is 11.0. The Hall–Kier alpha value is -1.14. The number of nitrogens with one attached hydrogen (secondary N) is 1. The van der Waals surface area contributed by atoms with Gasteiger partial charge in [0.05, 0.1) is 12.6 Å². The minimum Gasteiger partial charge on any atom is -0.381 e. The molecule has 0 fully saturated rings. The summed E-state index contributed by atoms with van der Waals surface area (Å²) in [7, 11) is 0. The fourth-order valence-electron chi connectivity index (χ4n) is 0.614. The molecular formula is C7H15N3O3. The van der Waals surface area contributed by atoms with Gasteiger partial charge in [-0.05, 0) is 6.42 Å². The summed E-state index contributed by atoms with van der Waals surface area (Å²) in [5.41, 5.74) is 10.1. The van der Waals surface area contributed by atoms with E-state index >= 15 is 0 Å². The Morgan fingerprint density at radius 1 is 1.54 bits per heavy atom. The van der Waals surface area contributed by atoms with Gasteiger partial charge in [-0.1, -0.05) is 6.92 Å². The van der Waals surface area contributed by atoms with Gasteiger partial charge in [0.25, 0.3) is 0 Å². The van der Waals surface area contributed by atoms with Crippen LogP contribution >= 0.6 is 0 Å². The average molecular weight is 189 g/mol. The third-order valence-electron chi connectivity index (χ3n) is 1.57. The second-order valence-corrected chi connectivity index (χ2v) is 2.68. The van der Waals surface area contributed by atoms with Gasteiger partial charge in [0.15, 0.2) is 0 Å². The van der Waals surface area contributed by atoms with Crippen LogP contribution in [0.15, 0.2) is 0 Å². The van der Waals surface area contributed by atoms with Crippen molar-refractivity contribution < 1.29 is 14.7 Å². The molecule has 0 heterocycles. The van der Waals surface area contributed by atoms with Gasteiger partial charge < -0.3 is 21.9 Å². The Morgan fingerprint density at radius 3 is 2.46 bits per heavy atom. The van der Waals surface area contributed by atoms with E-state index in [9.17, 15) is 9.59 Å². The molecule has 0 radical (unpaired) electrons. The molecule has 0 bridgehead atoms. The molecule has 0 saturated carbocycles. The number of carbonyl (C=O) groups is 2. The van der Waals surface area contributed by atoms with Crippen LogP contribution in [0.5, 0.6) is 0 Å². The monoisotopic (exact) mass is 189 g/mol. The van der Waals surface area contributed by atoms with Crippen LogP contribution in [0.25, 0.3) is 0 Å². The number of hydrogen-bond acceptors (Lipinski definition) is 4. The predicted molar refractivity (Wildman–Crippen MR) is 46.5 cm³/mol. The molecule has 76 valence electrons. The van der Waals surface area contributed by atoms with Crippen molar-refractivity contribution in [1.82, 2.24) is 5.32 Å². The first-order valence-electron chi connectivity index (χ1n) is 3.99. The van der Waals surface area contributed by atoms with Crippen LogP contribution in [-0.2, 0) is 9.59 Å². The van der Waals surface area contributed by atoms with Crippen molar-refractivity contribution in [3.63, 3.8) is 0 Å². The quantitative estimate of drug-likeness (QED) is 0.388. The van der Waals surface area contributed by atoms with Crippen molar-refractivity contribution >= 4 is 11.8 Å². The van der Waals surface area contributed by atoms with Gasteiger partial charge in [0.1, 0.15) is 6.10 Å². The number of rotatable bonds is 5. The molecule has 6 heteroatoms. The minimum atomic E-state index is -1.35. The van der Waals surface area contributed by atoms with E-state index in [1.165, 1.54) is 0 Å². The van der Waals surface area contributed by atoms with Crippen LogP contribution < -0.4 is 16.8 Å². The minimum absolute atomic E-state index is 0.193. The largest absolute Gasteiger partial charge is 0.381 e. The Bertz CT molecular complexity index is 195. The molecule has 13 heavy (non-hydrogen) atoms. The number of aliphatic hydroxyl groups excluding tert-OH is 1. The second-order valence-electron chi connectivity index (χ2n) is 2.68. The topological polar surface area (TPSA) is 118 Å². The van der Waals surface area contributed by atoms with Gasteiger partial charge in [-0.15, -0.1) is 0 Å². The first kappa shape index (κ1) is 11.9. The van der Waals surface area contributed by atoms with Crippen molar-refractivity contribution in [3.8, 4) is 0 Å². The van der Waals surface area contributed by atoms with Crippen LogP contribution in [0.3, 0.4) is 0 Å². The molecule has 6 nitrogen and oxygen atoms in total. The standard InChI is InChI=1S/C7H15N3O3/c1-2-4(8)7(13)10-3-5(11)6(9)12/h4-5,11H,2-3,8H2,1H3,(H2,9,12)(H,10,13)/t4-,5?/m0/s1. The molecule has 0 rings (SSSR count). The summed E-state index contributed by atoms with van der Waals surface area (Å²) in [5, 5.41) is 11.2. The number of hydrogen-bond donors (Lipinski definition) is 4. The van der Waals surface area contributed by atoms with E-state index in [1.54, 1.807) is 6.92 Å². The van der Waals surface area contributed by atoms with E-state index in [0.717, 1.165) is 0 Å². The molecule has 2 atom stereocenters. The smallest absolute Gasteiger partial charge is 0.248 e. The van der Waals surface area contributed by atoms with E-state index < -0.39 is 24.0 Å². The zero-order valence-corrected chi connectivity index (χ0v) is 7.49. The zero-order valence-electron chi connectivity index (χ0n) is 7.49. The lowest BCUT2D eigenvalue weighted by molar-refractivity contribution is -0.127. The van der Waals surface area contributed by atoms with E-state index in [0.29, 0.717) is 6.42 Å². The summed E-state index contributed by atoms with van der Waals surface area (Å²) in [4.78, 5) is 21.3. The van der Waals surface area contributed by atoms with E-state index in [-0.39, 0.29) is 6.54 Å². The van der Waals surface area contributed by atoms with Gasteiger partial charge in [-0.3, -0.25) is 9.59 Å². The molecule has 2 amide bonds. The molecule has 0 aromatic rings. The summed E-state index contributed by atoms with van der Waals surface area (Å²) >= 11 is 0. The maximum Gasteiger partial charge on any atom is 0.248 e. The highest BCUT2D eigenvalue weighted by Gasteiger charge is 2.15. The van der Waals surface area contributed by atoms with Crippen molar-refractivity contribution in [3.05, 3.63) is 0 Å². The molecule has 6 N–H and O–H groups in total. The lowest BCUT2D eigenvalue weighted by Gasteiger charge is -2.11. The van der Waals surface area contributed by atoms with Crippen molar-refractivity contribution in [2.75, 3.05) is 6.54 Å². The Balaban J connectivity index is 3.76. The van der Waals surface area contributed by atoms with E-state index in [2.05, 4.69) is 5.32 Å². The fraction of sp³-hybridized carbons (Fsp3) is 0.714. The third kappa shape index (κ3) is 4.44. The summed E-state index contributed by atoms with van der Waals surface area (Å²) in [6.45, 7) is 1.57. The van der Waals surface area contributed by atoms with Crippen molar-refractivity contribution in [2.24, 2.45) is 11.5 Å². The molecule has 1 unspecified atom stereocenters. The summed E-state index contributed by atoms with van der Waals surface area (Å²) < 4.78 is 0. The van der Waals surface area contributed by atoms with Gasteiger partial charge in [-0.2, -0.15) is 0 Å². The van der Waals surface area contributed by atoms with Gasteiger partial charge in [-0.25, -0.2) is 0 Å². The number of carbonyl (C=O) groups excluding carboxylic acids is 2.